The van der Waals surface area contributed by atoms with Gasteiger partial charge in [0.05, 0.1) is 5.41 Å². The monoisotopic (exact) mass is 265 g/mol. The molecule has 0 aromatic rings. The summed E-state index contributed by atoms with van der Waals surface area (Å²) >= 11 is 0. The Bertz CT molecular complexity index is 427. The van der Waals surface area contributed by atoms with Gasteiger partial charge in [-0.1, -0.05) is 26.0 Å². The van der Waals surface area contributed by atoms with Gasteiger partial charge in [-0.3, -0.25) is 4.79 Å². The Kier molecular flexibility index (Phi) is 3.45. The average molecular weight is 265 g/mol. The molecular weight excluding hydrogens is 242 g/mol. The van der Waals surface area contributed by atoms with Crippen LogP contribution in [0.5, 0.6) is 0 Å². The standard InChI is InChI=1S/C15H23NO3/c1-5-16-13(18)19-9-15(10(2)17)8-11-6-7-12(15)14(11,3)4/h6-7,11-12H,5,8-9H2,1-4H3,(H,16,18). The molecule has 1 fully saturated rings. The molecule has 4 nitrogen and oxygen atoms in total. The van der Waals surface area contributed by atoms with Crippen LogP contribution in [-0.2, 0) is 9.53 Å². The number of rotatable bonds is 4. The number of carbonyl (C=O) groups excluding carboxylic acids is 2. The minimum atomic E-state index is -0.534. The van der Waals surface area contributed by atoms with Crippen molar-refractivity contribution in [2.24, 2.45) is 22.7 Å². The second kappa shape index (κ2) is 4.66. The summed E-state index contributed by atoms with van der Waals surface area (Å²) in [5, 5.41) is 2.60. The number of ketones is 1. The van der Waals surface area contributed by atoms with Crippen LogP contribution in [0.25, 0.3) is 0 Å². The fourth-order valence-corrected chi connectivity index (χ4v) is 3.72. The van der Waals surface area contributed by atoms with Crippen molar-refractivity contribution < 1.29 is 14.3 Å². The number of fused-ring (bicyclic) bond motifs is 2. The third kappa shape index (κ3) is 2.07. The van der Waals surface area contributed by atoms with E-state index in [0.29, 0.717) is 12.5 Å². The molecule has 0 saturated heterocycles. The molecule has 3 atom stereocenters. The predicted octanol–water partition coefficient (Wildman–Crippen LogP) is 2.54. The van der Waals surface area contributed by atoms with E-state index in [1.54, 1.807) is 6.92 Å². The first kappa shape index (κ1) is 14.1. The van der Waals surface area contributed by atoms with Gasteiger partial charge in [-0.2, -0.15) is 0 Å². The van der Waals surface area contributed by atoms with E-state index >= 15 is 0 Å². The largest absolute Gasteiger partial charge is 0.448 e. The molecule has 1 saturated carbocycles. The van der Waals surface area contributed by atoms with Gasteiger partial charge >= 0.3 is 6.09 Å². The van der Waals surface area contributed by atoms with Crippen molar-refractivity contribution >= 4 is 11.9 Å². The summed E-state index contributed by atoms with van der Waals surface area (Å²) in [6.45, 7) is 8.56. The van der Waals surface area contributed by atoms with Crippen LogP contribution in [0.1, 0.15) is 34.1 Å². The van der Waals surface area contributed by atoms with E-state index in [2.05, 4.69) is 31.3 Å². The molecule has 106 valence electrons. The number of hydrogen-bond donors (Lipinski definition) is 1. The fraction of sp³-hybridized carbons (Fsp3) is 0.733. The molecule has 2 rings (SSSR count). The molecule has 0 radical (unpaired) electrons. The Morgan fingerprint density at radius 2 is 2.05 bits per heavy atom. The molecule has 2 aliphatic carbocycles. The van der Waals surface area contributed by atoms with Crippen molar-refractivity contribution in [2.75, 3.05) is 13.2 Å². The number of Topliss-reactive ketones (excluding diaryl/α,β-unsaturated/α-hetero) is 1. The van der Waals surface area contributed by atoms with Crippen LogP contribution in [0, 0.1) is 22.7 Å². The molecule has 1 amide bonds. The lowest BCUT2D eigenvalue weighted by Crippen LogP contribution is -2.42. The van der Waals surface area contributed by atoms with Crippen LogP contribution >= 0.6 is 0 Å². The van der Waals surface area contributed by atoms with E-state index in [4.69, 9.17) is 4.74 Å². The SMILES string of the molecule is CCNC(=O)OCC1(C(C)=O)CC2C=CC1C2(C)C. The van der Waals surface area contributed by atoms with Crippen molar-refractivity contribution in [3.05, 3.63) is 12.2 Å². The molecule has 0 heterocycles. The lowest BCUT2D eigenvalue weighted by Gasteiger charge is -2.35. The van der Waals surface area contributed by atoms with Crippen LogP contribution in [0.15, 0.2) is 12.2 Å². The van der Waals surface area contributed by atoms with E-state index in [1.165, 1.54) is 0 Å². The zero-order valence-electron chi connectivity index (χ0n) is 12.2. The maximum absolute atomic E-state index is 12.2. The molecule has 0 spiro atoms. The van der Waals surface area contributed by atoms with Crippen molar-refractivity contribution in [3.63, 3.8) is 0 Å². The molecule has 0 aliphatic heterocycles. The Morgan fingerprint density at radius 1 is 1.37 bits per heavy atom. The molecule has 1 N–H and O–H groups in total. The fourth-order valence-electron chi connectivity index (χ4n) is 3.72. The summed E-state index contributed by atoms with van der Waals surface area (Å²) in [7, 11) is 0. The van der Waals surface area contributed by atoms with Gasteiger partial charge in [0.15, 0.2) is 0 Å². The Morgan fingerprint density at radius 3 is 2.47 bits per heavy atom. The first-order chi connectivity index (χ1) is 8.84. The van der Waals surface area contributed by atoms with E-state index in [9.17, 15) is 9.59 Å². The van der Waals surface area contributed by atoms with Crippen LogP contribution < -0.4 is 5.32 Å². The van der Waals surface area contributed by atoms with Crippen LogP contribution in [0.2, 0.25) is 0 Å². The van der Waals surface area contributed by atoms with Crippen molar-refractivity contribution in [2.45, 2.75) is 34.1 Å². The van der Waals surface area contributed by atoms with Gasteiger partial charge in [-0.15, -0.1) is 0 Å². The van der Waals surface area contributed by atoms with Crippen LogP contribution in [0.4, 0.5) is 4.79 Å². The van der Waals surface area contributed by atoms with Gasteiger partial charge in [0.2, 0.25) is 0 Å². The summed E-state index contributed by atoms with van der Waals surface area (Å²) in [6.07, 6.45) is 4.69. The number of alkyl carbamates (subject to hydrolysis) is 1. The number of hydrogen-bond acceptors (Lipinski definition) is 3. The Labute approximate surface area is 114 Å². The number of allylic oxidation sites excluding steroid dienone is 2. The number of nitrogens with one attached hydrogen (secondary N) is 1. The zero-order valence-corrected chi connectivity index (χ0v) is 12.2. The van der Waals surface area contributed by atoms with Gasteiger partial charge in [0, 0.05) is 6.54 Å². The minimum absolute atomic E-state index is 0.0796. The molecule has 2 bridgehead atoms. The third-order valence-corrected chi connectivity index (χ3v) is 4.96. The molecular formula is C15H23NO3. The summed E-state index contributed by atoms with van der Waals surface area (Å²) in [5.74, 6) is 0.692. The van der Waals surface area contributed by atoms with Crippen molar-refractivity contribution in [3.8, 4) is 0 Å². The highest BCUT2D eigenvalue weighted by atomic mass is 16.5. The quantitative estimate of drug-likeness (QED) is 0.795. The van der Waals surface area contributed by atoms with Gasteiger partial charge < -0.3 is 10.1 Å². The second-order valence-corrected chi connectivity index (χ2v) is 6.31. The van der Waals surface area contributed by atoms with Crippen LogP contribution in [-0.4, -0.2) is 25.0 Å². The predicted molar refractivity (Wildman–Crippen MR) is 72.7 cm³/mol. The summed E-state index contributed by atoms with van der Waals surface area (Å²) in [4.78, 5) is 23.6. The van der Waals surface area contributed by atoms with Gasteiger partial charge in [0.25, 0.3) is 0 Å². The van der Waals surface area contributed by atoms with E-state index < -0.39 is 11.5 Å². The maximum Gasteiger partial charge on any atom is 0.407 e. The summed E-state index contributed by atoms with van der Waals surface area (Å²) in [6, 6.07) is 0. The maximum atomic E-state index is 12.2. The third-order valence-electron chi connectivity index (χ3n) is 4.96. The Balaban J connectivity index is 2.16. The molecule has 2 aliphatic rings. The smallest absolute Gasteiger partial charge is 0.407 e. The highest BCUT2D eigenvalue weighted by Crippen LogP contribution is 2.62. The molecule has 0 aromatic heterocycles. The minimum Gasteiger partial charge on any atom is -0.448 e. The number of carbonyl (C=O) groups is 2. The first-order valence-corrected chi connectivity index (χ1v) is 6.94. The molecule has 4 heteroatoms. The summed E-state index contributed by atoms with van der Waals surface area (Å²) < 4.78 is 5.27. The molecule has 19 heavy (non-hydrogen) atoms. The lowest BCUT2D eigenvalue weighted by atomic mass is 9.69. The number of ether oxygens (including phenoxy) is 1. The van der Waals surface area contributed by atoms with Crippen molar-refractivity contribution in [1.82, 2.24) is 5.32 Å². The van der Waals surface area contributed by atoms with Gasteiger partial charge in [0.1, 0.15) is 12.4 Å². The average Bonchev–Trinajstić information content (AvgIpc) is 2.74. The topological polar surface area (TPSA) is 55.4 Å². The Hall–Kier alpha value is -1.32. The van der Waals surface area contributed by atoms with E-state index in [0.717, 1.165) is 6.42 Å². The lowest BCUT2D eigenvalue weighted by molar-refractivity contribution is -0.131. The first-order valence-electron chi connectivity index (χ1n) is 6.94. The van der Waals surface area contributed by atoms with E-state index in [-0.39, 0.29) is 23.7 Å². The molecule has 3 unspecified atom stereocenters. The highest BCUT2D eigenvalue weighted by molar-refractivity contribution is 5.84. The van der Waals surface area contributed by atoms with Crippen molar-refractivity contribution in [1.29, 1.82) is 0 Å². The second-order valence-electron chi connectivity index (χ2n) is 6.31. The summed E-state index contributed by atoms with van der Waals surface area (Å²) in [5.41, 5.74) is -0.454. The normalized spacial score (nSPS) is 34.3. The van der Waals surface area contributed by atoms with Gasteiger partial charge in [-0.25, -0.2) is 4.79 Å². The van der Waals surface area contributed by atoms with Crippen LogP contribution in [0.3, 0.4) is 0 Å². The highest BCUT2D eigenvalue weighted by Gasteiger charge is 2.61. The number of amides is 1. The molecule has 0 aromatic carbocycles. The van der Waals surface area contributed by atoms with E-state index in [1.807, 2.05) is 6.92 Å². The zero-order chi connectivity index (χ0) is 14.3. The van der Waals surface area contributed by atoms with Gasteiger partial charge in [-0.05, 0) is 37.5 Å².